The summed E-state index contributed by atoms with van der Waals surface area (Å²) in [5, 5.41) is 11.1. The van der Waals surface area contributed by atoms with Gasteiger partial charge in [0, 0.05) is 25.1 Å². The summed E-state index contributed by atoms with van der Waals surface area (Å²) < 4.78 is 30.9. The minimum Gasteiger partial charge on any atom is -0.702 e. The first-order chi connectivity index (χ1) is 8.99. The third-order valence-electron chi connectivity index (χ3n) is 2.38. The van der Waals surface area contributed by atoms with Crippen molar-refractivity contribution in [1.82, 2.24) is 5.32 Å². The van der Waals surface area contributed by atoms with Gasteiger partial charge in [0.25, 0.3) is 10.3 Å². The molecule has 0 heterocycles. The molecule has 0 aliphatic heterocycles. The van der Waals surface area contributed by atoms with Crippen molar-refractivity contribution in [3.05, 3.63) is 12.2 Å². The van der Waals surface area contributed by atoms with Crippen molar-refractivity contribution in [3.8, 4) is 0 Å². The van der Waals surface area contributed by atoms with Crippen LogP contribution in [0.3, 0.4) is 0 Å². The van der Waals surface area contributed by atoms with Gasteiger partial charge in [0.15, 0.2) is 0 Å². The maximum Gasteiger partial charge on any atom is 0.254 e. The van der Waals surface area contributed by atoms with Crippen LogP contribution >= 0.6 is 0 Å². The van der Waals surface area contributed by atoms with Crippen LogP contribution in [0.25, 0.3) is 0 Å². The Morgan fingerprint density at radius 1 is 1.40 bits per heavy atom. The van der Waals surface area contributed by atoms with E-state index in [1.807, 2.05) is 6.92 Å². The predicted octanol–water partition coefficient (Wildman–Crippen LogP) is -0.00590. The van der Waals surface area contributed by atoms with E-state index in [0.29, 0.717) is 12.0 Å². The van der Waals surface area contributed by atoms with E-state index >= 15 is 0 Å². The van der Waals surface area contributed by atoms with Gasteiger partial charge < -0.3 is 15.0 Å². The molecule has 0 unspecified atom stereocenters. The summed E-state index contributed by atoms with van der Waals surface area (Å²) in [6.45, 7) is 7.99. The number of nitrogens with one attached hydrogen (secondary N) is 1. The lowest BCUT2D eigenvalue weighted by molar-refractivity contribution is -0.768. The average molecular weight is 310 g/mol. The molecule has 0 spiro atoms. The van der Waals surface area contributed by atoms with Crippen LogP contribution in [-0.4, -0.2) is 61.7 Å². The summed E-state index contributed by atoms with van der Waals surface area (Å²) in [6.07, 6.45) is 1.29. The molecule has 1 amide bonds. The Balaban J connectivity index is 0. The van der Waals surface area contributed by atoms with E-state index < -0.39 is 14.2 Å². The van der Waals surface area contributed by atoms with Gasteiger partial charge in [-0.3, -0.25) is 4.79 Å². The van der Waals surface area contributed by atoms with Crippen molar-refractivity contribution in [1.29, 1.82) is 0 Å². The van der Waals surface area contributed by atoms with Gasteiger partial charge in [0.2, 0.25) is 5.91 Å². The number of quaternary nitrogens is 1. The second-order valence-electron chi connectivity index (χ2n) is 4.84. The summed E-state index contributed by atoms with van der Waals surface area (Å²) in [5.41, 5.74) is 0.573. The highest BCUT2D eigenvalue weighted by molar-refractivity contribution is 7.79. The van der Waals surface area contributed by atoms with Crippen LogP contribution in [0, 0.1) is 0 Å². The quantitative estimate of drug-likeness (QED) is 0.391. The summed E-state index contributed by atoms with van der Waals surface area (Å²) in [6, 6.07) is 0. The maximum absolute atomic E-state index is 10.7. The molecule has 0 aliphatic carbocycles. The number of nitrogens with zero attached hydrogens (tertiary/aromatic N) is 1. The Labute approximate surface area is 121 Å². The minimum absolute atomic E-state index is 0.0446. The van der Waals surface area contributed by atoms with Crippen molar-refractivity contribution in [2.24, 2.45) is 0 Å². The molecule has 0 rings (SSSR count). The Morgan fingerprint density at radius 2 is 1.90 bits per heavy atom. The van der Waals surface area contributed by atoms with Crippen molar-refractivity contribution >= 4 is 16.2 Å². The molecule has 0 aromatic carbocycles. The molecule has 0 aromatic rings. The Morgan fingerprint density at radius 3 is 2.20 bits per heavy atom. The van der Waals surface area contributed by atoms with E-state index in [4.69, 9.17) is 5.11 Å². The molecule has 0 atom stereocenters. The minimum atomic E-state index is -4.30. The fourth-order valence-electron chi connectivity index (χ4n) is 0.953. The van der Waals surface area contributed by atoms with Crippen molar-refractivity contribution < 1.29 is 26.8 Å². The summed E-state index contributed by atoms with van der Waals surface area (Å²) >= 11 is 0. The molecule has 0 aliphatic rings. The fraction of sp³-hybridized carbons (Fsp3) is 0.750. The molecule has 20 heavy (non-hydrogen) atoms. The number of hydrogen-bond donors (Lipinski definition) is 2. The molecular weight excluding hydrogens is 284 g/mol. The third-order valence-corrected chi connectivity index (χ3v) is 3.78. The number of hydrogen-bond acceptors (Lipinski definition) is 5. The first kappa shape index (κ1) is 21.3. The maximum atomic E-state index is 10.7. The first-order valence-corrected chi connectivity index (χ1v) is 7.69. The normalized spacial score (nSPS) is 11.3. The number of carbonyl (C=O) groups is 1. The van der Waals surface area contributed by atoms with E-state index in [1.165, 1.54) is 14.1 Å². The van der Waals surface area contributed by atoms with Gasteiger partial charge in [0.1, 0.15) is 0 Å². The van der Waals surface area contributed by atoms with Crippen LogP contribution in [0.4, 0.5) is 0 Å². The molecule has 8 heteroatoms. The van der Waals surface area contributed by atoms with Gasteiger partial charge in [-0.15, -0.1) is 0 Å². The molecule has 0 fully saturated rings. The molecule has 7 nitrogen and oxygen atoms in total. The zero-order valence-corrected chi connectivity index (χ0v) is 13.5. The zero-order valence-electron chi connectivity index (χ0n) is 12.7. The summed E-state index contributed by atoms with van der Waals surface area (Å²) in [5.74, 6) is -0.0446. The molecule has 0 saturated carbocycles. The fourth-order valence-corrected chi connectivity index (χ4v) is 1.31. The Hall–Kier alpha value is -0.960. The van der Waals surface area contributed by atoms with E-state index in [9.17, 15) is 17.8 Å². The standard InChI is InChI=1S/C7H13NO.C5H13NO4S/c1-4-5-8-7(9)6(2)3;1-6(2,4-3-5-7)11(8,9)10/h2,4-5H2,1,3H3,(H,8,9);7H,3-5H2,1-2H3. The van der Waals surface area contributed by atoms with Gasteiger partial charge >= 0.3 is 0 Å². The Kier molecular flexibility index (Phi) is 10.5. The lowest BCUT2D eigenvalue weighted by atomic mass is 10.3. The number of aliphatic hydroxyl groups excluding tert-OH is 1. The largest absolute Gasteiger partial charge is 0.702 e. The second kappa shape index (κ2) is 9.87. The monoisotopic (exact) mass is 310 g/mol. The number of amides is 1. The highest BCUT2D eigenvalue weighted by Crippen LogP contribution is 2.05. The first-order valence-electron chi connectivity index (χ1n) is 6.33. The number of carbonyl (C=O) groups excluding carboxylic acids is 1. The summed E-state index contributed by atoms with van der Waals surface area (Å²) in [7, 11) is -1.69. The van der Waals surface area contributed by atoms with E-state index in [1.54, 1.807) is 6.92 Å². The van der Waals surface area contributed by atoms with Crippen molar-refractivity contribution in [3.63, 3.8) is 0 Å². The van der Waals surface area contributed by atoms with Gasteiger partial charge in [-0.2, -0.15) is 8.42 Å². The highest BCUT2D eigenvalue weighted by atomic mass is 32.2. The van der Waals surface area contributed by atoms with E-state index in [-0.39, 0.29) is 19.1 Å². The predicted molar refractivity (Wildman–Crippen MR) is 76.5 cm³/mol. The molecular formula is C12H26N2O5S. The highest BCUT2D eigenvalue weighted by Gasteiger charge is 2.21. The lowest BCUT2D eigenvalue weighted by Gasteiger charge is -2.30. The van der Waals surface area contributed by atoms with Gasteiger partial charge in [-0.1, -0.05) is 13.5 Å². The molecule has 0 bridgehead atoms. The van der Waals surface area contributed by atoms with Crippen LogP contribution in [-0.2, 0) is 15.1 Å². The average Bonchev–Trinajstić information content (AvgIpc) is 2.32. The van der Waals surface area contributed by atoms with Crippen LogP contribution in [0.5, 0.6) is 0 Å². The SMILES string of the molecule is C=C(C)C(=O)NCCC.C[N+](C)(CCCO)S(=O)(=O)[O-]. The molecule has 120 valence electrons. The van der Waals surface area contributed by atoms with Crippen LogP contribution in [0.1, 0.15) is 26.7 Å². The Bertz CT molecular complexity index is 404. The third kappa shape index (κ3) is 9.90. The van der Waals surface area contributed by atoms with Gasteiger partial charge in [0.05, 0.1) is 20.6 Å². The number of aliphatic hydroxyl groups is 1. The van der Waals surface area contributed by atoms with Crippen LogP contribution in [0.2, 0.25) is 0 Å². The van der Waals surface area contributed by atoms with E-state index in [2.05, 4.69) is 11.9 Å². The molecule has 0 aromatic heterocycles. The van der Waals surface area contributed by atoms with Crippen LogP contribution in [0.15, 0.2) is 12.2 Å². The van der Waals surface area contributed by atoms with Gasteiger partial charge in [-0.25, -0.2) is 3.89 Å². The zero-order chi connectivity index (χ0) is 16.4. The van der Waals surface area contributed by atoms with Crippen LogP contribution < -0.4 is 5.32 Å². The summed E-state index contributed by atoms with van der Waals surface area (Å²) in [4.78, 5) is 10.7. The van der Waals surface area contributed by atoms with Gasteiger partial charge in [-0.05, 0) is 13.3 Å². The number of rotatable bonds is 7. The molecule has 0 radical (unpaired) electrons. The lowest BCUT2D eigenvalue weighted by Crippen LogP contribution is -2.45. The molecule has 2 N–H and O–H groups in total. The topological polar surface area (TPSA) is 107 Å². The second-order valence-corrected chi connectivity index (χ2v) is 6.68. The smallest absolute Gasteiger partial charge is 0.254 e. The van der Waals surface area contributed by atoms with E-state index in [0.717, 1.165) is 13.0 Å². The van der Waals surface area contributed by atoms with Crippen molar-refractivity contribution in [2.45, 2.75) is 26.7 Å². The van der Waals surface area contributed by atoms with Crippen molar-refractivity contribution in [2.75, 3.05) is 33.8 Å². The molecule has 0 saturated heterocycles.